The van der Waals surface area contributed by atoms with Crippen LogP contribution in [0.3, 0.4) is 0 Å². The number of aromatic nitrogens is 2. The summed E-state index contributed by atoms with van der Waals surface area (Å²) >= 11 is 0. The molecule has 3 rings (SSSR count). The maximum Gasteiger partial charge on any atom is 0.259 e. The second-order valence-corrected chi connectivity index (χ2v) is 6.89. The van der Waals surface area contributed by atoms with Crippen LogP contribution in [-0.4, -0.2) is 35.1 Å². The quantitative estimate of drug-likeness (QED) is 0.859. The summed E-state index contributed by atoms with van der Waals surface area (Å²) in [6, 6.07) is 7.63. The largest absolute Gasteiger partial charge is 0.493 e. The molecule has 1 aromatic heterocycles. The number of carbonyl (C=O) groups is 1. The summed E-state index contributed by atoms with van der Waals surface area (Å²) in [4.78, 5) is 23.5. The number of nitrogens with one attached hydrogen (secondary N) is 1. The highest BCUT2D eigenvalue weighted by Crippen LogP contribution is 2.27. The van der Waals surface area contributed by atoms with Gasteiger partial charge in [-0.25, -0.2) is 4.98 Å². The average molecular weight is 354 g/mol. The predicted molar refractivity (Wildman–Crippen MR) is 103 cm³/mol. The van der Waals surface area contributed by atoms with Crippen molar-refractivity contribution in [3.8, 4) is 5.75 Å². The second kappa shape index (κ2) is 7.72. The van der Waals surface area contributed by atoms with Gasteiger partial charge in [0.15, 0.2) is 0 Å². The Kier molecular flexibility index (Phi) is 5.40. The highest BCUT2D eigenvalue weighted by atomic mass is 16.5. The van der Waals surface area contributed by atoms with Crippen LogP contribution in [0.25, 0.3) is 0 Å². The number of carbonyl (C=O) groups excluding carboxylic acids is 1. The SMILES string of the molecule is CCN(C(=O)c1ccc2c(c1)CCO2)c1ccnc(NC(C)C(C)C)n1. The Morgan fingerprint density at radius 3 is 2.85 bits per heavy atom. The van der Waals surface area contributed by atoms with Gasteiger partial charge < -0.3 is 10.1 Å². The first kappa shape index (κ1) is 18.2. The van der Waals surface area contributed by atoms with Crippen molar-refractivity contribution in [2.45, 2.75) is 40.2 Å². The normalized spacial score (nSPS) is 13.9. The summed E-state index contributed by atoms with van der Waals surface area (Å²) in [5.41, 5.74) is 1.74. The molecule has 1 amide bonds. The zero-order chi connectivity index (χ0) is 18.7. The third kappa shape index (κ3) is 3.79. The number of hydrogen-bond acceptors (Lipinski definition) is 5. The minimum absolute atomic E-state index is 0.0660. The first-order chi connectivity index (χ1) is 12.5. The molecule has 0 saturated heterocycles. The van der Waals surface area contributed by atoms with E-state index in [1.165, 1.54) is 0 Å². The molecule has 6 heteroatoms. The van der Waals surface area contributed by atoms with Crippen molar-refractivity contribution in [2.24, 2.45) is 5.92 Å². The van der Waals surface area contributed by atoms with Gasteiger partial charge in [0.05, 0.1) is 6.61 Å². The first-order valence-corrected chi connectivity index (χ1v) is 9.16. The van der Waals surface area contributed by atoms with Gasteiger partial charge in [-0.2, -0.15) is 4.98 Å². The number of amides is 1. The van der Waals surface area contributed by atoms with Gasteiger partial charge in [-0.3, -0.25) is 9.69 Å². The lowest BCUT2D eigenvalue weighted by atomic mass is 10.1. The zero-order valence-corrected chi connectivity index (χ0v) is 15.8. The summed E-state index contributed by atoms with van der Waals surface area (Å²) in [7, 11) is 0. The van der Waals surface area contributed by atoms with Gasteiger partial charge in [0, 0.05) is 30.8 Å². The van der Waals surface area contributed by atoms with Crippen LogP contribution >= 0.6 is 0 Å². The molecule has 1 atom stereocenters. The Hall–Kier alpha value is -2.63. The molecular formula is C20H26N4O2. The fourth-order valence-electron chi connectivity index (χ4n) is 2.82. The third-order valence-corrected chi connectivity index (χ3v) is 4.77. The number of nitrogens with zero attached hydrogens (tertiary/aromatic N) is 3. The minimum atomic E-state index is -0.0660. The maximum atomic E-state index is 13.0. The smallest absolute Gasteiger partial charge is 0.259 e. The second-order valence-electron chi connectivity index (χ2n) is 6.89. The number of ether oxygens (including phenoxy) is 1. The van der Waals surface area contributed by atoms with Crippen molar-refractivity contribution >= 4 is 17.7 Å². The Labute approximate surface area is 154 Å². The van der Waals surface area contributed by atoms with Crippen LogP contribution in [0.1, 0.15) is 43.6 Å². The van der Waals surface area contributed by atoms with E-state index in [2.05, 4.69) is 36.1 Å². The van der Waals surface area contributed by atoms with Crippen LogP contribution in [0.15, 0.2) is 30.5 Å². The molecule has 1 N–H and O–H groups in total. The van der Waals surface area contributed by atoms with Gasteiger partial charge in [-0.05, 0) is 49.6 Å². The van der Waals surface area contributed by atoms with Crippen LogP contribution in [0.5, 0.6) is 5.75 Å². The van der Waals surface area contributed by atoms with Gasteiger partial charge in [0.1, 0.15) is 11.6 Å². The molecule has 2 aromatic rings. The van der Waals surface area contributed by atoms with Crippen LogP contribution in [0.2, 0.25) is 0 Å². The third-order valence-electron chi connectivity index (χ3n) is 4.77. The van der Waals surface area contributed by atoms with E-state index in [-0.39, 0.29) is 11.9 Å². The van der Waals surface area contributed by atoms with Crippen molar-refractivity contribution in [3.63, 3.8) is 0 Å². The first-order valence-electron chi connectivity index (χ1n) is 9.16. The van der Waals surface area contributed by atoms with E-state index in [0.29, 0.717) is 36.4 Å². The van der Waals surface area contributed by atoms with Gasteiger partial charge in [-0.15, -0.1) is 0 Å². The van der Waals surface area contributed by atoms with Crippen LogP contribution < -0.4 is 15.0 Å². The van der Waals surface area contributed by atoms with E-state index < -0.39 is 0 Å². The van der Waals surface area contributed by atoms with Crippen molar-refractivity contribution in [3.05, 3.63) is 41.6 Å². The van der Waals surface area contributed by atoms with Crippen LogP contribution in [0.4, 0.5) is 11.8 Å². The molecule has 1 unspecified atom stereocenters. The molecule has 0 aliphatic carbocycles. The van der Waals surface area contributed by atoms with Crippen LogP contribution in [-0.2, 0) is 6.42 Å². The van der Waals surface area contributed by atoms with Gasteiger partial charge >= 0.3 is 0 Å². The van der Waals surface area contributed by atoms with Crippen molar-refractivity contribution in [2.75, 3.05) is 23.4 Å². The topological polar surface area (TPSA) is 67.4 Å². The maximum absolute atomic E-state index is 13.0. The summed E-state index contributed by atoms with van der Waals surface area (Å²) in [6.07, 6.45) is 2.53. The summed E-state index contributed by atoms with van der Waals surface area (Å²) in [5, 5.41) is 3.30. The summed E-state index contributed by atoms with van der Waals surface area (Å²) < 4.78 is 5.52. The van der Waals surface area contributed by atoms with E-state index in [1.54, 1.807) is 17.2 Å². The lowest BCUT2D eigenvalue weighted by Crippen LogP contribution is -2.32. The lowest BCUT2D eigenvalue weighted by Gasteiger charge is -2.22. The lowest BCUT2D eigenvalue weighted by molar-refractivity contribution is 0.0987. The van der Waals surface area contributed by atoms with E-state index in [1.807, 2.05) is 25.1 Å². The highest BCUT2D eigenvalue weighted by Gasteiger charge is 2.21. The Balaban J connectivity index is 1.83. The van der Waals surface area contributed by atoms with E-state index in [0.717, 1.165) is 17.7 Å². The Morgan fingerprint density at radius 1 is 1.31 bits per heavy atom. The average Bonchev–Trinajstić information content (AvgIpc) is 3.10. The van der Waals surface area contributed by atoms with Crippen molar-refractivity contribution < 1.29 is 9.53 Å². The van der Waals surface area contributed by atoms with E-state index in [9.17, 15) is 4.79 Å². The van der Waals surface area contributed by atoms with Gasteiger partial charge in [-0.1, -0.05) is 13.8 Å². The van der Waals surface area contributed by atoms with E-state index >= 15 is 0 Å². The summed E-state index contributed by atoms with van der Waals surface area (Å²) in [5.74, 6) is 2.41. The zero-order valence-electron chi connectivity index (χ0n) is 15.8. The minimum Gasteiger partial charge on any atom is -0.493 e. The molecule has 0 spiro atoms. The molecule has 6 nitrogen and oxygen atoms in total. The number of hydrogen-bond donors (Lipinski definition) is 1. The predicted octanol–water partition coefficient (Wildman–Crippen LogP) is 3.53. The summed E-state index contributed by atoms with van der Waals surface area (Å²) in [6.45, 7) is 9.53. The monoisotopic (exact) mass is 354 g/mol. The fraction of sp³-hybridized carbons (Fsp3) is 0.450. The number of fused-ring (bicyclic) bond motifs is 1. The number of rotatable bonds is 6. The molecule has 0 fully saturated rings. The molecule has 26 heavy (non-hydrogen) atoms. The molecule has 138 valence electrons. The standard InChI is InChI=1S/C20H26N4O2/c1-5-24(18-8-10-21-20(23-18)22-14(4)13(2)3)19(25)16-6-7-17-15(12-16)9-11-26-17/h6-8,10,12-14H,5,9,11H2,1-4H3,(H,21,22,23). The molecule has 0 radical (unpaired) electrons. The van der Waals surface area contributed by atoms with E-state index in [4.69, 9.17) is 4.74 Å². The van der Waals surface area contributed by atoms with Crippen LogP contribution in [0, 0.1) is 5.92 Å². The fourth-order valence-corrected chi connectivity index (χ4v) is 2.82. The van der Waals surface area contributed by atoms with Crippen molar-refractivity contribution in [1.29, 1.82) is 0 Å². The molecular weight excluding hydrogens is 328 g/mol. The molecule has 1 aliphatic heterocycles. The van der Waals surface area contributed by atoms with Gasteiger partial charge in [0.25, 0.3) is 5.91 Å². The van der Waals surface area contributed by atoms with Gasteiger partial charge in [0.2, 0.25) is 5.95 Å². The van der Waals surface area contributed by atoms with Crippen molar-refractivity contribution in [1.82, 2.24) is 9.97 Å². The highest BCUT2D eigenvalue weighted by molar-refractivity contribution is 6.05. The molecule has 0 bridgehead atoms. The Morgan fingerprint density at radius 2 is 2.12 bits per heavy atom. The molecule has 0 saturated carbocycles. The molecule has 1 aliphatic rings. The Bertz CT molecular complexity index is 791. The number of anilines is 2. The number of benzene rings is 1. The molecule has 1 aromatic carbocycles. The molecule has 2 heterocycles.